The van der Waals surface area contributed by atoms with Crippen LogP contribution in [-0.4, -0.2) is 29.0 Å². The normalized spacial score (nSPS) is 10.5. The van der Waals surface area contributed by atoms with Gasteiger partial charge in [0.1, 0.15) is 11.5 Å². The average Bonchev–Trinajstić information content (AvgIpc) is 3.14. The molecule has 0 unspecified atom stereocenters. The number of methoxy groups -OCH3 is 1. The molecule has 0 aliphatic rings. The molecule has 0 aliphatic carbocycles. The molecule has 1 heterocycles. The molecule has 0 saturated heterocycles. The molecular formula is C20H21N3O4S. The summed E-state index contributed by atoms with van der Waals surface area (Å²) in [7, 11) is 1.56. The molecule has 0 spiro atoms. The molecule has 0 radical (unpaired) electrons. The van der Waals surface area contributed by atoms with E-state index in [4.69, 9.17) is 13.9 Å². The summed E-state index contributed by atoms with van der Waals surface area (Å²) in [5, 5.41) is 11.0. The number of aromatic nitrogens is 2. The molecule has 0 aliphatic heterocycles. The van der Waals surface area contributed by atoms with Crippen molar-refractivity contribution in [3.8, 4) is 11.5 Å². The lowest BCUT2D eigenvalue weighted by atomic mass is 10.2. The van der Waals surface area contributed by atoms with Gasteiger partial charge in [0.2, 0.25) is 5.91 Å². The molecule has 3 rings (SSSR count). The zero-order chi connectivity index (χ0) is 19.9. The Morgan fingerprint density at radius 2 is 1.96 bits per heavy atom. The van der Waals surface area contributed by atoms with E-state index in [2.05, 4.69) is 15.5 Å². The van der Waals surface area contributed by atoms with Crippen LogP contribution >= 0.6 is 11.8 Å². The fraction of sp³-hybridized carbons (Fsp3) is 0.250. The number of carbonyl (C=O) groups is 1. The Balaban J connectivity index is 1.51. The molecule has 3 aromatic rings. The van der Waals surface area contributed by atoms with Crippen molar-refractivity contribution in [2.24, 2.45) is 0 Å². The van der Waals surface area contributed by atoms with E-state index in [1.807, 2.05) is 56.3 Å². The van der Waals surface area contributed by atoms with Gasteiger partial charge in [-0.1, -0.05) is 36.0 Å². The van der Waals surface area contributed by atoms with Gasteiger partial charge in [0.25, 0.3) is 11.1 Å². The Hall–Kier alpha value is -3.00. The highest BCUT2D eigenvalue weighted by atomic mass is 32.2. The highest BCUT2D eigenvalue weighted by Crippen LogP contribution is 2.26. The van der Waals surface area contributed by atoms with Gasteiger partial charge < -0.3 is 19.2 Å². The van der Waals surface area contributed by atoms with Crippen LogP contribution in [-0.2, 0) is 11.4 Å². The largest absolute Gasteiger partial charge is 0.495 e. The van der Waals surface area contributed by atoms with Gasteiger partial charge in [-0.05, 0) is 43.2 Å². The smallest absolute Gasteiger partial charge is 0.277 e. The van der Waals surface area contributed by atoms with Crippen molar-refractivity contribution in [2.45, 2.75) is 25.7 Å². The summed E-state index contributed by atoms with van der Waals surface area (Å²) < 4.78 is 16.5. The molecule has 7 nitrogen and oxygen atoms in total. The number of thioether (sulfide) groups is 1. The number of benzene rings is 2. The van der Waals surface area contributed by atoms with E-state index < -0.39 is 0 Å². The number of para-hydroxylation sites is 1. The Bertz CT molecular complexity index is 958. The Labute approximate surface area is 167 Å². The fourth-order valence-electron chi connectivity index (χ4n) is 2.45. The Morgan fingerprint density at radius 1 is 1.14 bits per heavy atom. The highest BCUT2D eigenvalue weighted by Gasteiger charge is 2.12. The summed E-state index contributed by atoms with van der Waals surface area (Å²) >= 11 is 1.16. The number of nitrogens with zero attached hydrogens (tertiary/aromatic N) is 2. The van der Waals surface area contributed by atoms with Crippen LogP contribution in [0.2, 0.25) is 0 Å². The number of nitrogens with one attached hydrogen (secondary N) is 1. The topological polar surface area (TPSA) is 86.5 Å². The van der Waals surface area contributed by atoms with Crippen LogP contribution in [0.4, 0.5) is 5.69 Å². The van der Waals surface area contributed by atoms with Crippen molar-refractivity contribution in [3.05, 3.63) is 59.5 Å². The Kier molecular flexibility index (Phi) is 6.54. The van der Waals surface area contributed by atoms with Gasteiger partial charge in [-0.2, -0.15) is 0 Å². The van der Waals surface area contributed by atoms with Crippen molar-refractivity contribution >= 4 is 23.4 Å². The molecule has 1 aromatic heterocycles. The summed E-state index contributed by atoms with van der Waals surface area (Å²) in [6.45, 7) is 4.08. The first kappa shape index (κ1) is 19.8. The minimum atomic E-state index is -0.190. The van der Waals surface area contributed by atoms with Crippen molar-refractivity contribution in [1.82, 2.24) is 10.2 Å². The second-order valence-corrected chi connectivity index (χ2v) is 6.98. The third-order valence-electron chi connectivity index (χ3n) is 3.85. The first-order chi connectivity index (χ1) is 13.5. The summed E-state index contributed by atoms with van der Waals surface area (Å²) in [5.74, 6) is 1.67. The van der Waals surface area contributed by atoms with E-state index in [9.17, 15) is 4.79 Å². The fourth-order valence-corrected chi connectivity index (χ4v) is 3.03. The number of hydrogen-bond acceptors (Lipinski definition) is 7. The maximum atomic E-state index is 12.2. The van der Waals surface area contributed by atoms with E-state index >= 15 is 0 Å². The van der Waals surface area contributed by atoms with E-state index in [1.165, 1.54) is 0 Å². The van der Waals surface area contributed by atoms with Gasteiger partial charge >= 0.3 is 0 Å². The number of amides is 1. The lowest BCUT2D eigenvalue weighted by Gasteiger charge is -2.10. The minimum Gasteiger partial charge on any atom is -0.495 e. The van der Waals surface area contributed by atoms with Crippen LogP contribution in [0.3, 0.4) is 0 Å². The van der Waals surface area contributed by atoms with Crippen LogP contribution < -0.4 is 14.8 Å². The van der Waals surface area contributed by atoms with Crippen LogP contribution in [0, 0.1) is 13.8 Å². The van der Waals surface area contributed by atoms with Crippen molar-refractivity contribution in [3.63, 3.8) is 0 Å². The summed E-state index contributed by atoms with van der Waals surface area (Å²) in [6.07, 6.45) is 0. The zero-order valence-electron chi connectivity index (χ0n) is 15.9. The summed E-state index contributed by atoms with van der Waals surface area (Å²) in [6, 6.07) is 13.3. The molecule has 1 N–H and O–H groups in total. The molecule has 0 atom stereocenters. The third kappa shape index (κ3) is 5.26. The van der Waals surface area contributed by atoms with Crippen LogP contribution in [0.5, 0.6) is 11.5 Å². The maximum Gasteiger partial charge on any atom is 0.277 e. The second-order valence-electron chi connectivity index (χ2n) is 6.06. The molecule has 2 aromatic carbocycles. The van der Waals surface area contributed by atoms with Crippen molar-refractivity contribution in [1.29, 1.82) is 0 Å². The number of hydrogen-bond donors (Lipinski definition) is 1. The molecule has 28 heavy (non-hydrogen) atoms. The molecule has 146 valence electrons. The first-order valence-electron chi connectivity index (χ1n) is 8.63. The predicted molar refractivity (Wildman–Crippen MR) is 107 cm³/mol. The molecule has 0 saturated carbocycles. The van der Waals surface area contributed by atoms with Crippen LogP contribution in [0.25, 0.3) is 0 Å². The van der Waals surface area contributed by atoms with Crippen molar-refractivity contribution in [2.75, 3.05) is 18.2 Å². The first-order valence-corrected chi connectivity index (χ1v) is 9.62. The Morgan fingerprint density at radius 3 is 2.75 bits per heavy atom. The number of rotatable bonds is 8. The predicted octanol–water partition coefficient (Wildman–Crippen LogP) is 4.00. The third-order valence-corrected chi connectivity index (χ3v) is 4.67. The van der Waals surface area contributed by atoms with Gasteiger partial charge in [0.15, 0.2) is 6.61 Å². The van der Waals surface area contributed by atoms with Crippen molar-refractivity contribution < 1.29 is 18.7 Å². The number of carbonyl (C=O) groups excluding carboxylic acids is 1. The second kappa shape index (κ2) is 9.27. The van der Waals surface area contributed by atoms with E-state index in [1.54, 1.807) is 7.11 Å². The lowest BCUT2D eigenvalue weighted by molar-refractivity contribution is -0.113. The standard InChI is InChI=1S/C20H21N3O4S/c1-13-8-9-17(25-3)15(10-13)21-18(24)12-28-20-23-22-19(27-20)11-26-16-7-5-4-6-14(16)2/h4-10H,11-12H2,1-3H3,(H,21,24). The monoisotopic (exact) mass is 399 g/mol. The van der Waals surface area contributed by atoms with E-state index in [0.717, 1.165) is 28.6 Å². The quantitative estimate of drug-likeness (QED) is 0.573. The van der Waals surface area contributed by atoms with Gasteiger partial charge in [-0.15, -0.1) is 10.2 Å². The van der Waals surface area contributed by atoms with Crippen LogP contribution in [0.1, 0.15) is 17.0 Å². The van der Waals surface area contributed by atoms with Gasteiger partial charge in [-0.25, -0.2) is 0 Å². The number of aryl methyl sites for hydroxylation is 2. The molecular weight excluding hydrogens is 378 g/mol. The van der Waals surface area contributed by atoms with E-state index in [0.29, 0.717) is 22.6 Å². The van der Waals surface area contributed by atoms with Gasteiger partial charge in [0, 0.05) is 0 Å². The van der Waals surface area contributed by atoms with Gasteiger partial charge in [0.05, 0.1) is 18.6 Å². The number of anilines is 1. The molecule has 8 heteroatoms. The van der Waals surface area contributed by atoms with E-state index in [-0.39, 0.29) is 18.3 Å². The van der Waals surface area contributed by atoms with Gasteiger partial charge in [-0.3, -0.25) is 4.79 Å². The molecule has 0 bridgehead atoms. The number of ether oxygens (including phenoxy) is 2. The highest BCUT2D eigenvalue weighted by molar-refractivity contribution is 7.99. The summed E-state index contributed by atoms with van der Waals surface area (Å²) in [4.78, 5) is 12.2. The molecule has 1 amide bonds. The molecule has 0 fully saturated rings. The zero-order valence-corrected chi connectivity index (χ0v) is 16.7. The van der Waals surface area contributed by atoms with Crippen LogP contribution in [0.15, 0.2) is 52.1 Å². The lowest BCUT2D eigenvalue weighted by Crippen LogP contribution is -2.14. The SMILES string of the molecule is COc1ccc(C)cc1NC(=O)CSc1nnc(COc2ccccc2C)o1. The minimum absolute atomic E-state index is 0.136. The summed E-state index contributed by atoms with van der Waals surface area (Å²) in [5.41, 5.74) is 2.68. The maximum absolute atomic E-state index is 12.2. The average molecular weight is 399 g/mol.